The van der Waals surface area contributed by atoms with E-state index in [0.29, 0.717) is 19.1 Å². The van der Waals surface area contributed by atoms with Crippen LogP contribution in [0.3, 0.4) is 0 Å². The SMILES string of the molecule is CCCCC(C)CNC(=O)OCc1ccccc1.O=C(O)Cl. The Morgan fingerprint density at radius 1 is 1.32 bits per heavy atom. The van der Waals surface area contributed by atoms with Crippen LogP contribution in [0.5, 0.6) is 0 Å². The van der Waals surface area contributed by atoms with Crippen molar-refractivity contribution < 1.29 is 19.4 Å². The lowest BCUT2D eigenvalue weighted by atomic mass is 10.1. The summed E-state index contributed by atoms with van der Waals surface area (Å²) in [6, 6.07) is 9.69. The first-order chi connectivity index (χ1) is 10.5. The average Bonchev–Trinajstić information content (AvgIpc) is 2.49. The van der Waals surface area contributed by atoms with Crippen molar-refractivity contribution in [2.45, 2.75) is 39.7 Å². The largest absolute Gasteiger partial charge is 0.469 e. The van der Waals surface area contributed by atoms with E-state index < -0.39 is 5.43 Å². The molecule has 0 aliphatic rings. The quantitative estimate of drug-likeness (QED) is 0.714. The van der Waals surface area contributed by atoms with Gasteiger partial charge in [-0.1, -0.05) is 57.0 Å². The monoisotopic (exact) mass is 329 g/mol. The molecule has 0 spiro atoms. The van der Waals surface area contributed by atoms with Crippen molar-refractivity contribution in [1.29, 1.82) is 0 Å². The summed E-state index contributed by atoms with van der Waals surface area (Å²) in [6.45, 7) is 5.34. The molecule has 2 N–H and O–H groups in total. The fraction of sp³-hybridized carbons (Fsp3) is 0.500. The second kappa shape index (κ2) is 13.0. The summed E-state index contributed by atoms with van der Waals surface area (Å²) in [4.78, 5) is 20.2. The Balaban J connectivity index is 0.000000980. The van der Waals surface area contributed by atoms with Gasteiger partial charge in [0.05, 0.1) is 0 Å². The van der Waals surface area contributed by atoms with Crippen molar-refractivity contribution in [3.8, 4) is 0 Å². The highest BCUT2D eigenvalue weighted by Crippen LogP contribution is 2.06. The average molecular weight is 330 g/mol. The molecule has 0 aromatic heterocycles. The molecular weight excluding hydrogens is 306 g/mol. The second-order valence-electron chi connectivity index (χ2n) is 4.94. The van der Waals surface area contributed by atoms with Crippen molar-refractivity contribution in [2.75, 3.05) is 6.54 Å². The lowest BCUT2D eigenvalue weighted by Crippen LogP contribution is -2.28. The van der Waals surface area contributed by atoms with E-state index in [4.69, 9.17) is 14.6 Å². The summed E-state index contributed by atoms with van der Waals surface area (Å²) in [5.41, 5.74) is -0.355. The van der Waals surface area contributed by atoms with E-state index in [1.165, 1.54) is 12.8 Å². The van der Waals surface area contributed by atoms with Crippen LogP contribution >= 0.6 is 11.6 Å². The van der Waals surface area contributed by atoms with Gasteiger partial charge >= 0.3 is 11.5 Å². The number of nitrogens with one attached hydrogen (secondary N) is 1. The Morgan fingerprint density at radius 3 is 2.45 bits per heavy atom. The highest BCUT2D eigenvalue weighted by molar-refractivity contribution is 6.60. The van der Waals surface area contributed by atoms with Crippen LogP contribution in [0.4, 0.5) is 9.59 Å². The molecule has 0 bridgehead atoms. The lowest BCUT2D eigenvalue weighted by molar-refractivity contribution is 0.138. The van der Waals surface area contributed by atoms with Gasteiger partial charge in [0, 0.05) is 18.1 Å². The van der Waals surface area contributed by atoms with Gasteiger partial charge in [-0.3, -0.25) is 0 Å². The van der Waals surface area contributed by atoms with Gasteiger partial charge in [0.1, 0.15) is 6.61 Å². The van der Waals surface area contributed by atoms with E-state index in [-0.39, 0.29) is 6.09 Å². The van der Waals surface area contributed by atoms with Crippen LogP contribution in [-0.4, -0.2) is 23.2 Å². The summed E-state index contributed by atoms with van der Waals surface area (Å²) in [6.07, 6.45) is 3.22. The van der Waals surface area contributed by atoms with Crippen LogP contribution in [0.2, 0.25) is 0 Å². The lowest BCUT2D eigenvalue weighted by Gasteiger charge is -2.12. The number of unbranched alkanes of at least 4 members (excludes halogenated alkanes) is 1. The van der Waals surface area contributed by atoms with Crippen LogP contribution < -0.4 is 5.32 Å². The van der Waals surface area contributed by atoms with Gasteiger partial charge in [-0.15, -0.1) is 0 Å². The van der Waals surface area contributed by atoms with E-state index in [2.05, 4.69) is 30.8 Å². The summed E-state index contributed by atoms with van der Waals surface area (Å²) >= 11 is 4.19. The van der Waals surface area contributed by atoms with Gasteiger partial charge < -0.3 is 15.2 Å². The van der Waals surface area contributed by atoms with E-state index in [1.54, 1.807) is 0 Å². The van der Waals surface area contributed by atoms with E-state index in [9.17, 15) is 4.79 Å². The number of alkyl carbamates (subject to hydrolysis) is 1. The molecule has 1 rings (SSSR count). The van der Waals surface area contributed by atoms with Gasteiger partial charge in [-0.2, -0.15) is 0 Å². The molecule has 1 amide bonds. The van der Waals surface area contributed by atoms with Crippen LogP contribution in [0.15, 0.2) is 30.3 Å². The molecule has 1 unspecified atom stereocenters. The van der Waals surface area contributed by atoms with E-state index >= 15 is 0 Å². The van der Waals surface area contributed by atoms with Gasteiger partial charge in [0.15, 0.2) is 0 Å². The Kier molecular flexibility index (Phi) is 11.9. The Hall–Kier alpha value is -1.75. The zero-order valence-corrected chi connectivity index (χ0v) is 13.8. The number of amides is 1. The molecule has 0 heterocycles. The zero-order valence-electron chi connectivity index (χ0n) is 13.0. The smallest absolute Gasteiger partial charge is 0.407 e. The minimum atomic E-state index is -1.36. The summed E-state index contributed by atoms with van der Waals surface area (Å²) in [5.74, 6) is 0.509. The third-order valence-electron chi connectivity index (χ3n) is 2.86. The number of carbonyl (C=O) groups excluding carboxylic acids is 1. The normalized spacial score (nSPS) is 10.9. The number of carbonyl (C=O) groups is 2. The third kappa shape index (κ3) is 13.2. The van der Waals surface area contributed by atoms with E-state index in [0.717, 1.165) is 12.0 Å². The van der Waals surface area contributed by atoms with Crippen LogP contribution in [0.25, 0.3) is 0 Å². The van der Waals surface area contributed by atoms with Crippen molar-refractivity contribution in [3.05, 3.63) is 35.9 Å². The maximum absolute atomic E-state index is 11.5. The molecule has 124 valence electrons. The Bertz CT molecular complexity index is 421. The molecule has 22 heavy (non-hydrogen) atoms. The minimum Gasteiger partial charge on any atom is -0.469 e. The second-order valence-corrected chi connectivity index (χ2v) is 5.27. The fourth-order valence-electron chi connectivity index (χ4n) is 1.69. The maximum Gasteiger partial charge on any atom is 0.407 e. The number of ether oxygens (including phenoxy) is 1. The maximum atomic E-state index is 11.5. The van der Waals surface area contributed by atoms with Gasteiger partial charge in [0.2, 0.25) is 0 Å². The standard InChI is InChI=1S/C15H23NO2.CHClO2/c1-3-4-8-13(2)11-16-15(17)18-12-14-9-6-5-7-10-14;2-1(3)4/h5-7,9-10,13H,3-4,8,11-12H2,1-2H3,(H,16,17);(H,3,4). The van der Waals surface area contributed by atoms with Gasteiger partial charge in [0.25, 0.3) is 0 Å². The zero-order chi connectivity index (χ0) is 16.8. The highest BCUT2D eigenvalue weighted by Gasteiger charge is 2.06. The minimum absolute atomic E-state index is 0.329. The molecule has 0 aliphatic carbocycles. The molecule has 0 saturated carbocycles. The Morgan fingerprint density at radius 2 is 1.91 bits per heavy atom. The van der Waals surface area contributed by atoms with Crippen molar-refractivity contribution >= 4 is 23.1 Å². The molecule has 1 atom stereocenters. The first kappa shape index (κ1) is 20.2. The Labute approximate surface area is 136 Å². The van der Waals surface area contributed by atoms with Crippen molar-refractivity contribution in [1.82, 2.24) is 5.32 Å². The van der Waals surface area contributed by atoms with Crippen LogP contribution in [0.1, 0.15) is 38.7 Å². The fourth-order valence-corrected chi connectivity index (χ4v) is 1.69. The number of benzene rings is 1. The summed E-state index contributed by atoms with van der Waals surface area (Å²) < 4.78 is 5.13. The number of rotatable bonds is 7. The molecule has 0 aliphatic heterocycles. The molecule has 0 fully saturated rings. The molecule has 0 saturated heterocycles. The van der Waals surface area contributed by atoms with Crippen LogP contribution in [0, 0.1) is 5.92 Å². The van der Waals surface area contributed by atoms with Gasteiger partial charge in [-0.05, 0) is 17.9 Å². The molecule has 1 aromatic rings. The first-order valence-electron chi connectivity index (χ1n) is 7.28. The predicted octanol–water partition coefficient (Wildman–Crippen LogP) is 4.64. The molecule has 1 aromatic carbocycles. The topological polar surface area (TPSA) is 75.6 Å². The van der Waals surface area contributed by atoms with Crippen LogP contribution in [-0.2, 0) is 11.3 Å². The number of hydrogen-bond donors (Lipinski definition) is 2. The number of hydrogen-bond acceptors (Lipinski definition) is 3. The number of halogens is 1. The highest BCUT2D eigenvalue weighted by atomic mass is 35.5. The third-order valence-corrected chi connectivity index (χ3v) is 2.86. The summed E-state index contributed by atoms with van der Waals surface area (Å²) in [7, 11) is 0. The molecule has 6 heteroatoms. The molecule has 5 nitrogen and oxygen atoms in total. The first-order valence-corrected chi connectivity index (χ1v) is 7.66. The number of carboxylic acid groups (broad SMARTS) is 1. The molecule has 0 radical (unpaired) electrons. The van der Waals surface area contributed by atoms with E-state index in [1.807, 2.05) is 30.3 Å². The molecular formula is C16H24ClNO4. The van der Waals surface area contributed by atoms with Crippen molar-refractivity contribution in [2.24, 2.45) is 5.92 Å². The summed E-state index contributed by atoms with van der Waals surface area (Å²) in [5, 5.41) is 9.98. The predicted molar refractivity (Wildman–Crippen MR) is 87.2 cm³/mol. The van der Waals surface area contributed by atoms with Gasteiger partial charge in [-0.25, -0.2) is 9.59 Å². The van der Waals surface area contributed by atoms with Crippen molar-refractivity contribution in [3.63, 3.8) is 0 Å².